The number of amides is 1. The maximum absolute atomic E-state index is 12.7. The van der Waals surface area contributed by atoms with Crippen molar-refractivity contribution in [2.75, 3.05) is 7.11 Å². The lowest BCUT2D eigenvalue weighted by molar-refractivity contribution is -0.120. The van der Waals surface area contributed by atoms with E-state index in [2.05, 4.69) is 36.3 Å². The van der Waals surface area contributed by atoms with E-state index in [1.54, 1.807) is 13.2 Å². The van der Waals surface area contributed by atoms with E-state index < -0.39 is 50.1 Å². The number of carbonyl (C=O) groups excluding carboxylic acids is 3. The molecule has 2 atom stereocenters. The highest BCUT2D eigenvalue weighted by atomic mass is 32.2. The number of ether oxygens (including phenoxy) is 1. The number of Topliss-reactive ketones (excluding diaryl/α,β-unsaturated/α-hetero) is 1. The van der Waals surface area contributed by atoms with Crippen molar-refractivity contribution >= 4 is 27.6 Å². The molecule has 0 heterocycles. The second-order valence-electron chi connectivity index (χ2n) is 9.16. The molecule has 8 nitrogen and oxygen atoms in total. The summed E-state index contributed by atoms with van der Waals surface area (Å²) >= 11 is 0. The second kappa shape index (κ2) is 15.0. The first-order valence-electron chi connectivity index (χ1n) is 12.5. The molecule has 1 unspecified atom stereocenters. The van der Waals surface area contributed by atoms with Crippen LogP contribution in [0.5, 0.6) is 0 Å². The number of rotatable bonds is 14. The van der Waals surface area contributed by atoms with Gasteiger partial charge in [-0.1, -0.05) is 50.6 Å². The van der Waals surface area contributed by atoms with Crippen LogP contribution in [0, 0.1) is 5.92 Å². The highest BCUT2D eigenvalue weighted by Crippen LogP contribution is 2.30. The molecule has 0 bridgehead atoms. The monoisotopic (exact) mass is 575 g/mol. The number of alkyl halides is 3. The summed E-state index contributed by atoms with van der Waals surface area (Å²) in [6, 6.07) is 0. The van der Waals surface area contributed by atoms with Crippen LogP contribution in [0.15, 0.2) is 58.6 Å². The molecule has 0 radical (unpaired) electrons. The van der Waals surface area contributed by atoms with Gasteiger partial charge in [-0.15, -0.1) is 0 Å². The molecule has 0 aromatic rings. The summed E-state index contributed by atoms with van der Waals surface area (Å²) in [7, 11) is -4.45. The van der Waals surface area contributed by atoms with Gasteiger partial charge in [0.25, 0.3) is 5.91 Å². The Morgan fingerprint density at radius 2 is 1.82 bits per heavy atom. The van der Waals surface area contributed by atoms with Crippen molar-refractivity contribution in [1.82, 2.24) is 5.32 Å². The quantitative estimate of drug-likeness (QED) is 0.0741. The fraction of sp³-hybridized carbons (Fsp3) is 0.519. The van der Waals surface area contributed by atoms with Crippen molar-refractivity contribution in [1.29, 1.82) is 0 Å². The maximum atomic E-state index is 12.7. The molecule has 1 amide bonds. The van der Waals surface area contributed by atoms with E-state index in [0.717, 1.165) is 25.7 Å². The predicted molar refractivity (Wildman–Crippen MR) is 140 cm³/mol. The van der Waals surface area contributed by atoms with Crippen LogP contribution in [0.3, 0.4) is 0 Å². The van der Waals surface area contributed by atoms with Crippen LogP contribution in [0.1, 0.15) is 66.7 Å². The summed E-state index contributed by atoms with van der Waals surface area (Å²) in [4.78, 5) is 37.4. The van der Waals surface area contributed by atoms with Gasteiger partial charge in [0.05, 0.1) is 11.8 Å². The Morgan fingerprint density at radius 1 is 1.18 bits per heavy atom. The molecular weight excluding hydrogens is 539 g/mol. The SMILES string of the molecule is CCC1=C(OS(=O)(=O)C(F)(F)F)C(=O)C=C(NC(=O)/C(C)=C/C=C\CC/C(C)=C/[C@H](C)CC(CC)OC)C1=O. The molecule has 1 aliphatic carbocycles. The summed E-state index contributed by atoms with van der Waals surface area (Å²) in [5, 5.41) is 2.25. The van der Waals surface area contributed by atoms with Crippen LogP contribution in [-0.2, 0) is 33.4 Å². The van der Waals surface area contributed by atoms with E-state index in [1.807, 2.05) is 6.08 Å². The lowest BCUT2D eigenvalue weighted by Crippen LogP contribution is -2.34. The van der Waals surface area contributed by atoms with Crippen molar-refractivity contribution < 1.29 is 44.9 Å². The average Bonchev–Trinajstić information content (AvgIpc) is 2.84. The zero-order chi connectivity index (χ0) is 30.0. The van der Waals surface area contributed by atoms with Gasteiger partial charge in [-0.3, -0.25) is 14.4 Å². The summed E-state index contributed by atoms with van der Waals surface area (Å²) in [6.45, 7) is 9.08. The fourth-order valence-electron chi connectivity index (χ4n) is 3.74. The van der Waals surface area contributed by atoms with E-state index in [9.17, 15) is 36.0 Å². The molecule has 0 aromatic carbocycles. The molecule has 1 rings (SSSR count). The first kappa shape index (κ1) is 34.0. The average molecular weight is 576 g/mol. The lowest BCUT2D eigenvalue weighted by atomic mass is 9.96. The third kappa shape index (κ3) is 10.2. The van der Waals surface area contributed by atoms with Crippen molar-refractivity contribution in [3.05, 3.63) is 58.6 Å². The Balaban J connectivity index is 2.80. The molecule has 0 aromatic heterocycles. The van der Waals surface area contributed by atoms with Crippen molar-refractivity contribution in [3.8, 4) is 0 Å². The number of carbonyl (C=O) groups is 3. The number of nitrogens with one attached hydrogen (secondary N) is 1. The number of hydrogen-bond acceptors (Lipinski definition) is 7. The fourth-order valence-corrected chi connectivity index (χ4v) is 4.23. The number of ketones is 2. The minimum Gasteiger partial charge on any atom is -0.381 e. The number of methoxy groups -OCH3 is 1. The molecule has 0 saturated heterocycles. The highest BCUT2D eigenvalue weighted by Gasteiger charge is 2.50. The second-order valence-corrected chi connectivity index (χ2v) is 10.7. The van der Waals surface area contributed by atoms with Crippen molar-refractivity contribution in [2.24, 2.45) is 5.92 Å². The molecule has 39 heavy (non-hydrogen) atoms. The van der Waals surface area contributed by atoms with Gasteiger partial charge in [-0.2, -0.15) is 21.6 Å². The molecule has 218 valence electrons. The number of allylic oxidation sites excluding steroid dienone is 7. The van der Waals surface area contributed by atoms with E-state index >= 15 is 0 Å². The van der Waals surface area contributed by atoms with E-state index in [1.165, 1.54) is 25.5 Å². The Labute approximate surface area is 227 Å². The van der Waals surface area contributed by atoms with Crippen LogP contribution in [-0.4, -0.2) is 44.6 Å². The van der Waals surface area contributed by atoms with Crippen LogP contribution >= 0.6 is 0 Å². The van der Waals surface area contributed by atoms with Gasteiger partial charge in [-0.05, 0) is 51.9 Å². The van der Waals surface area contributed by atoms with Gasteiger partial charge in [0, 0.05) is 24.3 Å². The zero-order valence-corrected chi connectivity index (χ0v) is 23.8. The highest BCUT2D eigenvalue weighted by molar-refractivity contribution is 7.87. The standard InChI is InChI=1S/C27H36F3NO7S/c1-7-20(37-6)15-18(4)14-17(3)12-10-9-11-13-19(5)26(34)31-22-16-23(32)25(21(8-2)24(22)33)38-39(35,36)27(28,29)30/h9,11,13-14,16,18,20H,7-8,10,12,15H2,1-6H3,(H,31,34)/b11-9-,17-14+,19-13+/t18-,20?/m0/s1. The van der Waals surface area contributed by atoms with Crippen LogP contribution < -0.4 is 5.32 Å². The van der Waals surface area contributed by atoms with Gasteiger partial charge in [0.2, 0.25) is 11.6 Å². The minimum atomic E-state index is -6.16. The summed E-state index contributed by atoms with van der Waals surface area (Å²) in [5.41, 5.74) is -5.45. The Hall–Kier alpha value is -2.99. The molecule has 1 aliphatic rings. The third-order valence-corrected chi connectivity index (χ3v) is 6.86. The molecule has 0 aliphatic heterocycles. The third-order valence-electron chi connectivity index (χ3n) is 5.91. The van der Waals surface area contributed by atoms with Crippen molar-refractivity contribution in [3.63, 3.8) is 0 Å². The molecule has 12 heteroatoms. The normalized spacial score (nSPS) is 17.4. The van der Waals surface area contributed by atoms with Gasteiger partial charge < -0.3 is 14.2 Å². The molecule has 0 saturated carbocycles. The molecule has 1 N–H and O–H groups in total. The predicted octanol–water partition coefficient (Wildman–Crippen LogP) is 5.35. The summed E-state index contributed by atoms with van der Waals surface area (Å²) < 4.78 is 70.0. The Morgan fingerprint density at radius 3 is 2.36 bits per heavy atom. The van der Waals surface area contributed by atoms with Crippen molar-refractivity contribution in [2.45, 2.75) is 78.3 Å². The molecular formula is C27H36F3NO7S. The van der Waals surface area contributed by atoms with Gasteiger partial charge in [0.1, 0.15) is 0 Å². The van der Waals surface area contributed by atoms with E-state index in [-0.39, 0.29) is 18.1 Å². The van der Waals surface area contributed by atoms with Gasteiger partial charge in [-0.25, -0.2) is 0 Å². The Bertz CT molecular complexity index is 1190. The molecule has 0 fully saturated rings. The molecule has 0 spiro atoms. The van der Waals surface area contributed by atoms with E-state index in [0.29, 0.717) is 12.0 Å². The van der Waals surface area contributed by atoms with Crippen LogP contribution in [0.4, 0.5) is 13.2 Å². The minimum absolute atomic E-state index is 0.196. The van der Waals surface area contributed by atoms with Gasteiger partial charge >= 0.3 is 15.6 Å². The largest absolute Gasteiger partial charge is 0.534 e. The first-order chi connectivity index (χ1) is 18.1. The van der Waals surface area contributed by atoms with Crippen LogP contribution in [0.25, 0.3) is 0 Å². The Kier molecular flexibility index (Phi) is 13.1. The topological polar surface area (TPSA) is 116 Å². The van der Waals surface area contributed by atoms with E-state index in [4.69, 9.17) is 4.74 Å². The summed E-state index contributed by atoms with van der Waals surface area (Å²) in [6.07, 6.45) is 11.2. The summed E-state index contributed by atoms with van der Waals surface area (Å²) in [5.74, 6) is -3.89. The van der Waals surface area contributed by atoms with Gasteiger partial charge in [0.15, 0.2) is 5.76 Å². The number of halogens is 3. The lowest BCUT2D eigenvalue weighted by Gasteiger charge is -2.19. The number of hydrogen-bond donors (Lipinski definition) is 1. The first-order valence-corrected chi connectivity index (χ1v) is 13.9. The zero-order valence-electron chi connectivity index (χ0n) is 23.0. The smallest absolute Gasteiger partial charge is 0.381 e. The van der Waals surface area contributed by atoms with Crippen LogP contribution in [0.2, 0.25) is 0 Å². The maximum Gasteiger partial charge on any atom is 0.534 e.